The molecule has 1 aromatic rings. The Morgan fingerprint density at radius 3 is 2.35 bits per heavy atom. The zero-order valence-corrected chi connectivity index (χ0v) is 13.1. The van der Waals surface area contributed by atoms with Crippen LogP contribution in [0.5, 0.6) is 0 Å². The third-order valence-corrected chi connectivity index (χ3v) is 2.92. The largest absolute Gasteiger partial charge is 0.324 e. The topological polar surface area (TPSA) is 87.3 Å². The first-order valence-electron chi connectivity index (χ1n) is 5.93. The molecule has 0 radical (unpaired) electrons. The molecule has 1 rings (SSSR count). The van der Waals surface area contributed by atoms with Crippen molar-refractivity contribution in [3.8, 4) is 0 Å². The zero-order valence-electron chi connectivity index (χ0n) is 11.5. The maximum atomic E-state index is 11.7. The van der Waals surface area contributed by atoms with E-state index in [1.165, 1.54) is 0 Å². The lowest BCUT2D eigenvalue weighted by Crippen LogP contribution is -2.17. The van der Waals surface area contributed by atoms with Gasteiger partial charge in [0, 0.05) is 6.42 Å². The van der Waals surface area contributed by atoms with Gasteiger partial charge in [0.2, 0.25) is 15.9 Å². The SMILES string of the molecule is CNCCCC(=O)Nc1ccccc1NS(C)(=O)=O.Cl. The number of carbonyl (C=O) groups is 1. The first kappa shape index (κ1) is 18.7. The fourth-order valence-corrected chi connectivity index (χ4v) is 2.10. The summed E-state index contributed by atoms with van der Waals surface area (Å²) in [6, 6.07) is 6.69. The first-order chi connectivity index (χ1) is 8.92. The third kappa shape index (κ3) is 7.32. The second-order valence-corrected chi connectivity index (χ2v) is 5.92. The second kappa shape index (κ2) is 8.78. The summed E-state index contributed by atoms with van der Waals surface area (Å²) in [5.41, 5.74) is 0.828. The van der Waals surface area contributed by atoms with Crippen LogP contribution in [0.15, 0.2) is 24.3 Å². The van der Waals surface area contributed by atoms with Crippen molar-refractivity contribution in [2.75, 3.05) is 29.9 Å². The molecule has 3 N–H and O–H groups in total. The summed E-state index contributed by atoms with van der Waals surface area (Å²) in [5, 5.41) is 5.66. The molecule has 20 heavy (non-hydrogen) atoms. The average molecular weight is 322 g/mol. The van der Waals surface area contributed by atoms with E-state index in [4.69, 9.17) is 0 Å². The smallest absolute Gasteiger partial charge is 0.229 e. The summed E-state index contributed by atoms with van der Waals surface area (Å²) in [6.07, 6.45) is 2.18. The van der Waals surface area contributed by atoms with Crippen LogP contribution in [0.3, 0.4) is 0 Å². The molecule has 0 atom stereocenters. The molecule has 0 fully saturated rings. The number of benzene rings is 1. The third-order valence-electron chi connectivity index (χ3n) is 2.33. The predicted molar refractivity (Wildman–Crippen MR) is 83.9 cm³/mol. The predicted octanol–water partition coefficient (Wildman–Crippen LogP) is 1.42. The van der Waals surface area contributed by atoms with Crippen LogP contribution < -0.4 is 15.4 Å². The van der Waals surface area contributed by atoms with Gasteiger partial charge in [-0.1, -0.05) is 12.1 Å². The lowest BCUT2D eigenvalue weighted by Gasteiger charge is -2.11. The van der Waals surface area contributed by atoms with Gasteiger partial charge in [-0.25, -0.2) is 8.42 Å². The number of anilines is 2. The lowest BCUT2D eigenvalue weighted by atomic mass is 10.2. The quantitative estimate of drug-likeness (QED) is 0.663. The molecular weight excluding hydrogens is 302 g/mol. The monoisotopic (exact) mass is 321 g/mol. The minimum absolute atomic E-state index is 0. The number of amides is 1. The van der Waals surface area contributed by atoms with Crippen molar-refractivity contribution >= 4 is 39.7 Å². The number of nitrogens with one attached hydrogen (secondary N) is 3. The van der Waals surface area contributed by atoms with E-state index in [1.807, 2.05) is 7.05 Å². The van der Waals surface area contributed by atoms with E-state index in [-0.39, 0.29) is 18.3 Å². The number of hydrogen-bond acceptors (Lipinski definition) is 4. The molecule has 0 aliphatic carbocycles. The Bertz CT molecular complexity index is 535. The summed E-state index contributed by atoms with van der Waals surface area (Å²) in [7, 11) is -1.55. The van der Waals surface area contributed by atoms with Crippen molar-refractivity contribution in [1.29, 1.82) is 0 Å². The van der Waals surface area contributed by atoms with Crippen LogP contribution in [0.2, 0.25) is 0 Å². The first-order valence-corrected chi connectivity index (χ1v) is 7.83. The van der Waals surface area contributed by atoms with Crippen LogP contribution in [0.25, 0.3) is 0 Å². The van der Waals surface area contributed by atoms with Crippen molar-refractivity contribution in [3.05, 3.63) is 24.3 Å². The Kier molecular flexibility index (Phi) is 8.21. The van der Waals surface area contributed by atoms with Crippen LogP contribution in [0.4, 0.5) is 11.4 Å². The Morgan fingerprint density at radius 2 is 1.80 bits per heavy atom. The van der Waals surface area contributed by atoms with E-state index < -0.39 is 10.0 Å². The van der Waals surface area contributed by atoms with Crippen molar-refractivity contribution in [3.63, 3.8) is 0 Å². The molecule has 0 saturated carbocycles. The molecule has 8 heteroatoms. The minimum atomic E-state index is -3.37. The molecule has 0 bridgehead atoms. The Labute approximate surface area is 125 Å². The van der Waals surface area contributed by atoms with Crippen LogP contribution in [-0.4, -0.2) is 34.2 Å². The number of sulfonamides is 1. The van der Waals surface area contributed by atoms with Crippen LogP contribution in [0.1, 0.15) is 12.8 Å². The van der Waals surface area contributed by atoms with Gasteiger partial charge >= 0.3 is 0 Å². The molecule has 1 amide bonds. The summed E-state index contributed by atoms with van der Waals surface area (Å²) in [6.45, 7) is 0.761. The maximum absolute atomic E-state index is 11.7. The fraction of sp³-hybridized carbons (Fsp3) is 0.417. The van der Waals surface area contributed by atoms with Gasteiger partial charge in [0.05, 0.1) is 17.6 Å². The van der Waals surface area contributed by atoms with Crippen molar-refractivity contribution in [1.82, 2.24) is 5.32 Å². The van der Waals surface area contributed by atoms with E-state index >= 15 is 0 Å². The molecule has 0 spiro atoms. The number of halogens is 1. The van der Waals surface area contributed by atoms with Gasteiger partial charge in [-0.3, -0.25) is 9.52 Å². The van der Waals surface area contributed by atoms with Gasteiger partial charge in [0.1, 0.15) is 0 Å². The van der Waals surface area contributed by atoms with Crippen LogP contribution >= 0.6 is 12.4 Å². The molecule has 0 heterocycles. The summed E-state index contributed by atoms with van der Waals surface area (Å²) >= 11 is 0. The summed E-state index contributed by atoms with van der Waals surface area (Å²) in [5.74, 6) is -0.141. The van der Waals surface area contributed by atoms with Gasteiger partial charge < -0.3 is 10.6 Å². The van der Waals surface area contributed by atoms with Crippen LogP contribution in [0, 0.1) is 0 Å². The summed E-state index contributed by atoms with van der Waals surface area (Å²) in [4.78, 5) is 11.7. The van der Waals surface area contributed by atoms with E-state index in [9.17, 15) is 13.2 Å². The maximum Gasteiger partial charge on any atom is 0.229 e. The highest BCUT2D eigenvalue weighted by Crippen LogP contribution is 2.22. The highest BCUT2D eigenvalue weighted by Gasteiger charge is 2.09. The van der Waals surface area contributed by atoms with Gasteiger partial charge in [0.15, 0.2) is 0 Å². The standard InChI is InChI=1S/C12H19N3O3S.ClH/c1-13-9-5-8-12(16)14-10-6-3-4-7-11(10)15-19(2,17)18;/h3-4,6-7,13,15H,5,8-9H2,1-2H3,(H,14,16);1H. The van der Waals surface area contributed by atoms with Crippen molar-refractivity contribution in [2.45, 2.75) is 12.8 Å². The Balaban J connectivity index is 0.00000361. The molecule has 0 aromatic heterocycles. The van der Waals surface area contributed by atoms with Gasteiger partial charge in [-0.2, -0.15) is 0 Å². The number of carbonyl (C=O) groups excluding carboxylic acids is 1. The zero-order chi connectivity index (χ0) is 14.3. The highest BCUT2D eigenvalue weighted by atomic mass is 35.5. The number of para-hydroxylation sites is 2. The normalized spacial score (nSPS) is 10.5. The van der Waals surface area contributed by atoms with E-state index in [1.54, 1.807) is 24.3 Å². The molecule has 0 aliphatic rings. The van der Waals surface area contributed by atoms with E-state index in [0.717, 1.165) is 19.2 Å². The Morgan fingerprint density at radius 1 is 1.20 bits per heavy atom. The molecule has 0 saturated heterocycles. The second-order valence-electron chi connectivity index (χ2n) is 4.18. The molecule has 114 valence electrons. The van der Waals surface area contributed by atoms with E-state index in [0.29, 0.717) is 17.8 Å². The molecular formula is C12H20ClN3O3S. The lowest BCUT2D eigenvalue weighted by molar-refractivity contribution is -0.116. The molecule has 0 unspecified atom stereocenters. The van der Waals surface area contributed by atoms with Gasteiger partial charge in [0.25, 0.3) is 0 Å². The summed E-state index contributed by atoms with van der Waals surface area (Å²) < 4.78 is 24.8. The van der Waals surface area contributed by atoms with Crippen LogP contribution in [-0.2, 0) is 14.8 Å². The Hall–Kier alpha value is -1.31. The van der Waals surface area contributed by atoms with Crippen molar-refractivity contribution < 1.29 is 13.2 Å². The average Bonchev–Trinajstić information content (AvgIpc) is 2.30. The highest BCUT2D eigenvalue weighted by molar-refractivity contribution is 7.92. The number of rotatable bonds is 7. The van der Waals surface area contributed by atoms with Crippen molar-refractivity contribution in [2.24, 2.45) is 0 Å². The van der Waals surface area contributed by atoms with E-state index in [2.05, 4.69) is 15.4 Å². The van der Waals surface area contributed by atoms with Gasteiger partial charge in [-0.15, -0.1) is 12.4 Å². The molecule has 1 aromatic carbocycles. The minimum Gasteiger partial charge on any atom is -0.324 e. The fourth-order valence-electron chi connectivity index (χ4n) is 1.52. The number of hydrogen-bond donors (Lipinski definition) is 3. The molecule has 6 nitrogen and oxygen atoms in total. The molecule has 0 aliphatic heterocycles. The van der Waals surface area contributed by atoms with Gasteiger partial charge in [-0.05, 0) is 32.1 Å².